The number of nitriles is 1. The van der Waals surface area contributed by atoms with E-state index >= 15 is 0 Å². The summed E-state index contributed by atoms with van der Waals surface area (Å²) in [5.74, 6) is 0.853. The molecule has 0 amide bonds. The third-order valence-electron chi connectivity index (χ3n) is 3.02. The minimum atomic E-state index is 0.463. The smallest absolute Gasteiger partial charge is 0.119 e. The van der Waals surface area contributed by atoms with E-state index in [1.165, 1.54) is 0 Å². The Hall–Kier alpha value is -2.27. The van der Waals surface area contributed by atoms with Gasteiger partial charge in [-0.25, -0.2) is 0 Å². The molecule has 0 N–H and O–H groups in total. The van der Waals surface area contributed by atoms with Gasteiger partial charge in [-0.15, -0.1) is 0 Å². The molecule has 0 fully saturated rings. The first-order valence-electron chi connectivity index (χ1n) is 5.85. The summed E-state index contributed by atoms with van der Waals surface area (Å²) in [6.07, 6.45) is 0.463. The lowest BCUT2D eigenvalue weighted by Gasteiger charge is -2.08. The lowest BCUT2D eigenvalue weighted by atomic mass is 9.98. The van der Waals surface area contributed by atoms with E-state index in [-0.39, 0.29) is 0 Å². The second-order valence-electron chi connectivity index (χ2n) is 4.21. The lowest BCUT2D eigenvalue weighted by molar-refractivity contribution is 0.415. The summed E-state index contributed by atoms with van der Waals surface area (Å²) >= 11 is 0. The fraction of sp³-hybridized carbons (Fsp3) is 0.188. The van der Waals surface area contributed by atoms with Crippen LogP contribution in [0.2, 0.25) is 0 Å². The standard InChI is InChI=1S/C16H15NO/c1-12-10-15(7-6-13(12)8-9-17)14-4-3-5-16(11-14)18-2/h3-7,10-11H,8H2,1-2H3. The molecular weight excluding hydrogens is 222 g/mol. The topological polar surface area (TPSA) is 33.0 Å². The van der Waals surface area contributed by atoms with Crippen molar-refractivity contribution in [2.75, 3.05) is 7.11 Å². The quantitative estimate of drug-likeness (QED) is 0.814. The van der Waals surface area contributed by atoms with Crippen LogP contribution in [-0.4, -0.2) is 7.11 Å². The molecule has 0 heterocycles. The molecule has 0 unspecified atom stereocenters. The first-order chi connectivity index (χ1) is 8.74. The van der Waals surface area contributed by atoms with E-state index in [9.17, 15) is 0 Å². The van der Waals surface area contributed by atoms with Gasteiger partial charge in [0.25, 0.3) is 0 Å². The summed E-state index contributed by atoms with van der Waals surface area (Å²) in [5.41, 5.74) is 4.51. The van der Waals surface area contributed by atoms with Crippen LogP contribution in [0.25, 0.3) is 11.1 Å². The number of ether oxygens (including phenoxy) is 1. The van der Waals surface area contributed by atoms with Gasteiger partial charge in [0, 0.05) is 0 Å². The zero-order valence-electron chi connectivity index (χ0n) is 10.6. The van der Waals surface area contributed by atoms with Crippen LogP contribution in [0, 0.1) is 18.3 Å². The predicted octanol–water partition coefficient (Wildman–Crippen LogP) is 3.74. The van der Waals surface area contributed by atoms with Gasteiger partial charge in [0.2, 0.25) is 0 Å². The monoisotopic (exact) mass is 237 g/mol. The Labute approximate surface area is 107 Å². The van der Waals surface area contributed by atoms with Crippen LogP contribution >= 0.6 is 0 Å². The van der Waals surface area contributed by atoms with Crippen LogP contribution in [0.3, 0.4) is 0 Å². The molecule has 0 saturated carbocycles. The van der Waals surface area contributed by atoms with Crippen LogP contribution in [0.4, 0.5) is 0 Å². The number of hydrogen-bond acceptors (Lipinski definition) is 2. The second-order valence-corrected chi connectivity index (χ2v) is 4.21. The minimum Gasteiger partial charge on any atom is -0.497 e. The Bertz CT molecular complexity index is 596. The van der Waals surface area contributed by atoms with E-state index in [1.807, 2.05) is 31.2 Å². The SMILES string of the molecule is COc1cccc(-c2ccc(CC#N)c(C)c2)c1. The van der Waals surface area contributed by atoms with Crippen molar-refractivity contribution in [1.82, 2.24) is 0 Å². The van der Waals surface area contributed by atoms with Crippen molar-refractivity contribution < 1.29 is 4.74 Å². The van der Waals surface area contributed by atoms with Gasteiger partial charge >= 0.3 is 0 Å². The highest BCUT2D eigenvalue weighted by Crippen LogP contribution is 2.25. The molecule has 2 heteroatoms. The first-order valence-corrected chi connectivity index (χ1v) is 5.85. The van der Waals surface area contributed by atoms with Crippen molar-refractivity contribution in [3.05, 3.63) is 53.6 Å². The van der Waals surface area contributed by atoms with Crippen molar-refractivity contribution in [3.63, 3.8) is 0 Å². The number of benzene rings is 2. The van der Waals surface area contributed by atoms with E-state index in [1.54, 1.807) is 7.11 Å². The molecule has 0 aliphatic carbocycles. The molecule has 2 aromatic rings. The summed E-state index contributed by atoms with van der Waals surface area (Å²) in [4.78, 5) is 0. The summed E-state index contributed by atoms with van der Waals surface area (Å²) in [6, 6.07) is 16.3. The molecule has 2 rings (SSSR count). The molecular formula is C16H15NO. The summed E-state index contributed by atoms with van der Waals surface area (Å²) in [6.45, 7) is 2.04. The number of nitrogens with zero attached hydrogens (tertiary/aromatic N) is 1. The first kappa shape index (κ1) is 12.2. The van der Waals surface area contributed by atoms with Crippen molar-refractivity contribution in [1.29, 1.82) is 5.26 Å². The zero-order valence-corrected chi connectivity index (χ0v) is 10.6. The van der Waals surface area contributed by atoms with Gasteiger partial charge in [-0.05, 0) is 41.3 Å². The van der Waals surface area contributed by atoms with Gasteiger partial charge in [-0.2, -0.15) is 5.26 Å². The van der Waals surface area contributed by atoms with Gasteiger partial charge in [-0.3, -0.25) is 0 Å². The second kappa shape index (κ2) is 5.37. The molecule has 0 radical (unpaired) electrons. The van der Waals surface area contributed by atoms with Crippen molar-refractivity contribution in [2.45, 2.75) is 13.3 Å². The number of hydrogen-bond donors (Lipinski definition) is 0. The van der Waals surface area contributed by atoms with Crippen LogP contribution in [-0.2, 0) is 6.42 Å². The van der Waals surface area contributed by atoms with Crippen molar-refractivity contribution in [3.8, 4) is 22.9 Å². The van der Waals surface area contributed by atoms with Crippen LogP contribution < -0.4 is 4.74 Å². The molecule has 90 valence electrons. The zero-order chi connectivity index (χ0) is 13.0. The van der Waals surface area contributed by atoms with E-state index in [4.69, 9.17) is 10.00 Å². The number of methoxy groups -OCH3 is 1. The number of rotatable bonds is 3. The summed E-state index contributed by atoms with van der Waals surface area (Å²) < 4.78 is 5.23. The Balaban J connectivity index is 2.39. The average Bonchev–Trinajstić information content (AvgIpc) is 2.41. The van der Waals surface area contributed by atoms with Crippen LogP contribution in [0.1, 0.15) is 11.1 Å². The average molecular weight is 237 g/mol. The van der Waals surface area contributed by atoms with E-state index in [0.717, 1.165) is 28.0 Å². The Morgan fingerprint density at radius 1 is 1.11 bits per heavy atom. The van der Waals surface area contributed by atoms with Crippen LogP contribution in [0.15, 0.2) is 42.5 Å². The molecule has 0 aliphatic heterocycles. The Kier molecular flexibility index (Phi) is 3.64. The molecule has 0 spiro atoms. The van der Waals surface area contributed by atoms with Gasteiger partial charge in [0.05, 0.1) is 19.6 Å². The van der Waals surface area contributed by atoms with Gasteiger partial charge in [0.15, 0.2) is 0 Å². The maximum absolute atomic E-state index is 8.73. The molecule has 2 aromatic carbocycles. The molecule has 0 bridgehead atoms. The van der Waals surface area contributed by atoms with Gasteiger partial charge in [0.1, 0.15) is 5.75 Å². The van der Waals surface area contributed by atoms with Gasteiger partial charge < -0.3 is 4.74 Å². The number of aryl methyl sites for hydroxylation is 1. The Morgan fingerprint density at radius 3 is 2.56 bits per heavy atom. The maximum Gasteiger partial charge on any atom is 0.119 e. The highest BCUT2D eigenvalue weighted by atomic mass is 16.5. The molecule has 0 atom stereocenters. The summed E-state index contributed by atoms with van der Waals surface area (Å²) in [7, 11) is 1.67. The highest BCUT2D eigenvalue weighted by Gasteiger charge is 2.03. The van der Waals surface area contributed by atoms with Crippen molar-refractivity contribution >= 4 is 0 Å². The fourth-order valence-electron chi connectivity index (χ4n) is 1.96. The third kappa shape index (κ3) is 2.52. The molecule has 0 aliphatic rings. The summed E-state index contributed by atoms with van der Waals surface area (Å²) in [5, 5.41) is 8.73. The molecule has 0 saturated heterocycles. The largest absolute Gasteiger partial charge is 0.497 e. The minimum absolute atomic E-state index is 0.463. The molecule has 0 aromatic heterocycles. The molecule has 2 nitrogen and oxygen atoms in total. The van der Waals surface area contributed by atoms with Gasteiger partial charge in [-0.1, -0.05) is 30.3 Å². The maximum atomic E-state index is 8.73. The highest BCUT2D eigenvalue weighted by molar-refractivity contribution is 5.66. The van der Waals surface area contributed by atoms with E-state index in [0.29, 0.717) is 6.42 Å². The lowest BCUT2D eigenvalue weighted by Crippen LogP contribution is -1.89. The normalized spacial score (nSPS) is 9.83. The van der Waals surface area contributed by atoms with Crippen molar-refractivity contribution in [2.24, 2.45) is 0 Å². The van der Waals surface area contributed by atoms with E-state index in [2.05, 4.69) is 24.3 Å². The van der Waals surface area contributed by atoms with Crippen LogP contribution in [0.5, 0.6) is 5.75 Å². The third-order valence-corrected chi connectivity index (χ3v) is 3.02. The molecule has 18 heavy (non-hydrogen) atoms. The van der Waals surface area contributed by atoms with E-state index < -0.39 is 0 Å². The fourth-order valence-corrected chi connectivity index (χ4v) is 1.96. The predicted molar refractivity (Wildman–Crippen MR) is 72.5 cm³/mol. The Morgan fingerprint density at radius 2 is 1.89 bits per heavy atom.